The normalized spacial score (nSPS) is 10.8. The fourth-order valence-corrected chi connectivity index (χ4v) is 2.24. The molecule has 3 nitrogen and oxygen atoms in total. The van der Waals surface area contributed by atoms with Gasteiger partial charge < -0.3 is 10.1 Å². The number of carbonyl (C=O) groups is 1. The van der Waals surface area contributed by atoms with Gasteiger partial charge >= 0.3 is 0 Å². The quantitative estimate of drug-likeness (QED) is 0.814. The Morgan fingerprint density at radius 1 is 1.30 bits per heavy atom. The number of amides is 1. The van der Waals surface area contributed by atoms with Gasteiger partial charge in [0.25, 0.3) is 5.91 Å². The number of hydrogen-bond donors (Lipinski definition) is 1. The average molecular weight is 314 g/mol. The van der Waals surface area contributed by atoms with Gasteiger partial charge in [-0.3, -0.25) is 4.79 Å². The summed E-state index contributed by atoms with van der Waals surface area (Å²) in [7, 11) is 0. The summed E-state index contributed by atoms with van der Waals surface area (Å²) in [6.45, 7) is 3.72. The van der Waals surface area contributed by atoms with Gasteiger partial charge in [0.05, 0.1) is 0 Å². The van der Waals surface area contributed by atoms with Crippen molar-refractivity contribution in [2.45, 2.75) is 32.2 Å². The van der Waals surface area contributed by atoms with Gasteiger partial charge in [-0.2, -0.15) is 0 Å². The highest BCUT2D eigenvalue weighted by atomic mass is 35.5. The highest BCUT2D eigenvalue weighted by Crippen LogP contribution is 2.24. The number of benzene rings is 1. The van der Waals surface area contributed by atoms with Crippen molar-refractivity contribution in [1.29, 1.82) is 0 Å². The number of terminal acetylenes is 1. The van der Waals surface area contributed by atoms with E-state index in [4.69, 9.17) is 34.4 Å². The van der Waals surface area contributed by atoms with Crippen LogP contribution in [0, 0.1) is 12.3 Å². The molecule has 0 unspecified atom stereocenters. The zero-order valence-corrected chi connectivity index (χ0v) is 13.0. The predicted octanol–water partition coefficient (Wildman–Crippen LogP) is 3.68. The first-order chi connectivity index (χ1) is 9.44. The molecule has 0 saturated heterocycles. The van der Waals surface area contributed by atoms with Crippen molar-refractivity contribution >= 4 is 29.1 Å². The van der Waals surface area contributed by atoms with Crippen molar-refractivity contribution in [1.82, 2.24) is 5.32 Å². The van der Waals surface area contributed by atoms with Crippen molar-refractivity contribution < 1.29 is 9.53 Å². The molecule has 1 amide bonds. The molecule has 0 heterocycles. The Kier molecular flexibility index (Phi) is 6.19. The second-order valence-electron chi connectivity index (χ2n) is 4.38. The zero-order chi connectivity index (χ0) is 15.2. The molecule has 0 aliphatic rings. The predicted molar refractivity (Wildman–Crippen MR) is 82.2 cm³/mol. The third kappa shape index (κ3) is 4.63. The molecule has 0 aliphatic heterocycles. The maximum Gasteiger partial charge on any atom is 0.259 e. The first-order valence-electron chi connectivity index (χ1n) is 6.32. The minimum atomic E-state index is -0.619. The van der Waals surface area contributed by atoms with E-state index in [9.17, 15) is 4.79 Å². The van der Waals surface area contributed by atoms with Gasteiger partial charge in [-0.1, -0.05) is 43.0 Å². The van der Waals surface area contributed by atoms with Gasteiger partial charge in [-0.15, -0.1) is 6.42 Å². The largest absolute Gasteiger partial charge is 0.484 e. The van der Waals surface area contributed by atoms with E-state index in [0.29, 0.717) is 28.6 Å². The molecule has 0 atom stereocenters. The summed E-state index contributed by atoms with van der Waals surface area (Å²) in [4.78, 5) is 11.9. The molecule has 0 radical (unpaired) electrons. The average Bonchev–Trinajstić information content (AvgIpc) is 2.42. The maximum atomic E-state index is 11.9. The molecule has 0 bridgehead atoms. The lowest BCUT2D eigenvalue weighted by atomic mass is 9.94. The Morgan fingerprint density at radius 2 is 1.85 bits per heavy atom. The van der Waals surface area contributed by atoms with Crippen molar-refractivity contribution in [2.75, 3.05) is 6.61 Å². The topological polar surface area (TPSA) is 38.3 Å². The van der Waals surface area contributed by atoms with Crippen LogP contribution in [0.3, 0.4) is 0 Å². The summed E-state index contributed by atoms with van der Waals surface area (Å²) in [5, 5.41) is 3.72. The van der Waals surface area contributed by atoms with Gasteiger partial charge in [-0.25, -0.2) is 0 Å². The van der Waals surface area contributed by atoms with Crippen LogP contribution in [0.5, 0.6) is 5.75 Å². The Bertz CT molecular complexity index is 499. The maximum absolute atomic E-state index is 11.9. The van der Waals surface area contributed by atoms with E-state index in [2.05, 4.69) is 11.2 Å². The first-order valence-corrected chi connectivity index (χ1v) is 7.08. The van der Waals surface area contributed by atoms with Crippen LogP contribution in [-0.2, 0) is 4.79 Å². The fourth-order valence-electron chi connectivity index (χ4n) is 1.73. The lowest BCUT2D eigenvalue weighted by molar-refractivity contribution is -0.124. The number of ether oxygens (including phenoxy) is 1. The van der Waals surface area contributed by atoms with Crippen LogP contribution in [0.2, 0.25) is 10.0 Å². The lowest BCUT2D eigenvalue weighted by Crippen LogP contribution is -2.48. The zero-order valence-electron chi connectivity index (χ0n) is 11.5. The number of nitrogens with one attached hydrogen (secondary N) is 1. The Labute approximate surface area is 129 Å². The lowest BCUT2D eigenvalue weighted by Gasteiger charge is -2.26. The molecule has 1 rings (SSSR count). The van der Waals surface area contributed by atoms with E-state index in [0.717, 1.165) is 0 Å². The van der Waals surface area contributed by atoms with Gasteiger partial charge in [0.2, 0.25) is 0 Å². The standard InChI is InChI=1S/C15H17Cl2NO2/c1-4-15(5-2,6-3)18-14(19)10-20-13-8-11(16)7-12(17)9-13/h1,7-9H,5-6,10H2,2-3H3,(H,18,19). The minimum Gasteiger partial charge on any atom is -0.484 e. The van der Waals surface area contributed by atoms with Gasteiger partial charge in [0, 0.05) is 10.0 Å². The summed E-state index contributed by atoms with van der Waals surface area (Å²) in [5.41, 5.74) is -0.619. The molecular weight excluding hydrogens is 297 g/mol. The Morgan fingerprint density at radius 3 is 2.30 bits per heavy atom. The third-order valence-electron chi connectivity index (χ3n) is 3.07. The fraction of sp³-hybridized carbons (Fsp3) is 0.400. The summed E-state index contributed by atoms with van der Waals surface area (Å²) in [6.07, 6.45) is 6.81. The van der Waals surface area contributed by atoms with Crippen LogP contribution >= 0.6 is 23.2 Å². The molecule has 0 aromatic heterocycles. The summed E-state index contributed by atoms with van der Waals surface area (Å²) < 4.78 is 5.36. The highest BCUT2D eigenvalue weighted by molar-refractivity contribution is 6.34. The summed E-state index contributed by atoms with van der Waals surface area (Å²) >= 11 is 11.7. The van der Waals surface area contributed by atoms with Crippen LogP contribution in [0.25, 0.3) is 0 Å². The second kappa shape index (κ2) is 7.42. The number of rotatable bonds is 6. The first kappa shape index (κ1) is 16.7. The smallest absolute Gasteiger partial charge is 0.259 e. The Hall–Kier alpha value is -1.37. The SMILES string of the molecule is C#CC(CC)(CC)NC(=O)COc1cc(Cl)cc(Cl)c1. The van der Waals surface area contributed by atoms with E-state index in [1.165, 1.54) is 0 Å². The molecule has 0 aliphatic carbocycles. The van der Waals surface area contributed by atoms with E-state index in [1.807, 2.05) is 13.8 Å². The van der Waals surface area contributed by atoms with Crippen molar-refractivity contribution in [2.24, 2.45) is 0 Å². The van der Waals surface area contributed by atoms with Gasteiger partial charge in [0.1, 0.15) is 11.3 Å². The molecule has 20 heavy (non-hydrogen) atoms. The van der Waals surface area contributed by atoms with Crippen LogP contribution in [-0.4, -0.2) is 18.1 Å². The molecule has 0 saturated carbocycles. The molecule has 1 N–H and O–H groups in total. The molecule has 1 aromatic rings. The monoisotopic (exact) mass is 313 g/mol. The molecule has 0 fully saturated rings. The minimum absolute atomic E-state index is 0.139. The third-order valence-corrected chi connectivity index (χ3v) is 3.50. The Balaban J connectivity index is 2.62. The van der Waals surface area contributed by atoms with Crippen molar-refractivity contribution in [3.63, 3.8) is 0 Å². The van der Waals surface area contributed by atoms with E-state index >= 15 is 0 Å². The van der Waals surface area contributed by atoms with E-state index < -0.39 is 5.54 Å². The van der Waals surface area contributed by atoms with Gasteiger partial charge in [0.15, 0.2) is 6.61 Å². The number of hydrogen-bond acceptors (Lipinski definition) is 2. The summed E-state index contributed by atoms with van der Waals surface area (Å²) in [5.74, 6) is 2.80. The van der Waals surface area contributed by atoms with E-state index in [-0.39, 0.29) is 12.5 Å². The number of halogens is 2. The summed E-state index contributed by atoms with van der Waals surface area (Å²) in [6, 6.07) is 4.77. The molecule has 1 aromatic carbocycles. The molecule has 108 valence electrons. The molecule has 0 spiro atoms. The molecular formula is C15H17Cl2NO2. The van der Waals surface area contributed by atoms with E-state index in [1.54, 1.807) is 18.2 Å². The van der Waals surface area contributed by atoms with Crippen LogP contribution < -0.4 is 10.1 Å². The van der Waals surface area contributed by atoms with Crippen LogP contribution in [0.4, 0.5) is 0 Å². The highest BCUT2D eigenvalue weighted by Gasteiger charge is 2.25. The second-order valence-corrected chi connectivity index (χ2v) is 5.25. The van der Waals surface area contributed by atoms with Crippen LogP contribution in [0.1, 0.15) is 26.7 Å². The number of carbonyl (C=O) groups excluding carboxylic acids is 1. The van der Waals surface area contributed by atoms with Crippen LogP contribution in [0.15, 0.2) is 18.2 Å². The van der Waals surface area contributed by atoms with Gasteiger partial charge in [-0.05, 0) is 31.0 Å². The van der Waals surface area contributed by atoms with Crippen molar-refractivity contribution in [3.05, 3.63) is 28.2 Å². The molecule has 5 heteroatoms. The van der Waals surface area contributed by atoms with Crippen molar-refractivity contribution in [3.8, 4) is 18.1 Å².